The van der Waals surface area contributed by atoms with E-state index in [2.05, 4.69) is 33.8 Å². The van der Waals surface area contributed by atoms with Crippen LogP contribution in [-0.2, 0) is 0 Å². The third-order valence-electron chi connectivity index (χ3n) is 3.19. The number of benzene rings is 1. The smallest absolute Gasteiger partial charge is 0.141 e. The zero-order valence-corrected chi connectivity index (χ0v) is 11.2. The second-order valence-electron chi connectivity index (χ2n) is 5.06. The molecule has 0 aliphatic rings. The Labute approximate surface area is 103 Å². The highest BCUT2D eigenvalue weighted by atomic mass is 16.5. The standard InChI is InChI=1S/C15H20O2/c1-9(2)12-8-13(10(3)4)15-11(6-7-17-15)14(12)16-5/h6-10H,1-5H3. The molecule has 2 heteroatoms. The lowest BCUT2D eigenvalue weighted by Gasteiger charge is -2.16. The maximum atomic E-state index is 5.61. The highest BCUT2D eigenvalue weighted by Crippen LogP contribution is 2.39. The fourth-order valence-electron chi connectivity index (χ4n) is 2.25. The molecule has 0 N–H and O–H groups in total. The summed E-state index contributed by atoms with van der Waals surface area (Å²) in [4.78, 5) is 0. The topological polar surface area (TPSA) is 22.4 Å². The van der Waals surface area contributed by atoms with Crippen LogP contribution in [0.1, 0.15) is 50.7 Å². The van der Waals surface area contributed by atoms with E-state index < -0.39 is 0 Å². The summed E-state index contributed by atoms with van der Waals surface area (Å²) in [6.07, 6.45) is 1.74. The lowest BCUT2D eigenvalue weighted by Crippen LogP contribution is -1.98. The Morgan fingerprint density at radius 2 is 1.71 bits per heavy atom. The lowest BCUT2D eigenvalue weighted by molar-refractivity contribution is 0.412. The molecule has 2 nitrogen and oxygen atoms in total. The van der Waals surface area contributed by atoms with Crippen LogP contribution >= 0.6 is 0 Å². The molecule has 0 amide bonds. The number of ether oxygens (including phenoxy) is 1. The van der Waals surface area contributed by atoms with E-state index in [0.717, 1.165) is 16.7 Å². The van der Waals surface area contributed by atoms with Crippen molar-refractivity contribution >= 4 is 11.0 Å². The Balaban J connectivity index is 2.81. The summed E-state index contributed by atoms with van der Waals surface area (Å²) in [5.41, 5.74) is 3.47. The van der Waals surface area contributed by atoms with E-state index >= 15 is 0 Å². The minimum atomic E-state index is 0.446. The van der Waals surface area contributed by atoms with Crippen LogP contribution in [0.4, 0.5) is 0 Å². The van der Waals surface area contributed by atoms with Crippen molar-refractivity contribution in [3.05, 3.63) is 29.5 Å². The van der Waals surface area contributed by atoms with Gasteiger partial charge in [0.2, 0.25) is 0 Å². The minimum Gasteiger partial charge on any atom is -0.496 e. The molecule has 0 unspecified atom stereocenters. The summed E-state index contributed by atoms with van der Waals surface area (Å²) in [6.45, 7) is 8.75. The highest BCUT2D eigenvalue weighted by Gasteiger charge is 2.18. The second-order valence-corrected chi connectivity index (χ2v) is 5.06. The first kappa shape index (κ1) is 12.0. The van der Waals surface area contributed by atoms with E-state index in [-0.39, 0.29) is 0 Å². The van der Waals surface area contributed by atoms with Crippen molar-refractivity contribution in [3.8, 4) is 5.75 Å². The van der Waals surface area contributed by atoms with Gasteiger partial charge in [-0.15, -0.1) is 0 Å². The number of hydrogen-bond donors (Lipinski definition) is 0. The van der Waals surface area contributed by atoms with E-state index in [9.17, 15) is 0 Å². The van der Waals surface area contributed by atoms with Gasteiger partial charge in [0.25, 0.3) is 0 Å². The summed E-state index contributed by atoms with van der Waals surface area (Å²) >= 11 is 0. The van der Waals surface area contributed by atoms with E-state index in [1.54, 1.807) is 13.4 Å². The van der Waals surface area contributed by atoms with E-state index in [1.807, 2.05) is 6.07 Å². The van der Waals surface area contributed by atoms with Gasteiger partial charge in [-0.05, 0) is 35.1 Å². The average molecular weight is 232 g/mol. The SMILES string of the molecule is COc1c(C(C)C)cc(C(C)C)c2occc12. The van der Waals surface area contributed by atoms with Crippen LogP contribution in [0.25, 0.3) is 11.0 Å². The third kappa shape index (κ3) is 1.92. The molecule has 1 aromatic heterocycles. The quantitative estimate of drug-likeness (QED) is 0.766. The number of furan rings is 1. The molecule has 0 atom stereocenters. The van der Waals surface area contributed by atoms with E-state index in [0.29, 0.717) is 11.8 Å². The minimum absolute atomic E-state index is 0.446. The summed E-state index contributed by atoms with van der Waals surface area (Å²) in [5, 5.41) is 1.09. The van der Waals surface area contributed by atoms with Crippen molar-refractivity contribution < 1.29 is 9.15 Å². The molecule has 0 spiro atoms. The van der Waals surface area contributed by atoms with Gasteiger partial charge in [0.15, 0.2) is 0 Å². The van der Waals surface area contributed by atoms with Gasteiger partial charge in [-0.1, -0.05) is 27.7 Å². The molecular weight excluding hydrogens is 212 g/mol. The molecule has 0 saturated carbocycles. The molecule has 92 valence electrons. The van der Waals surface area contributed by atoms with Crippen molar-refractivity contribution in [1.29, 1.82) is 0 Å². The van der Waals surface area contributed by atoms with Gasteiger partial charge < -0.3 is 9.15 Å². The Bertz CT molecular complexity index is 521. The molecule has 0 bridgehead atoms. The fourth-order valence-corrected chi connectivity index (χ4v) is 2.25. The van der Waals surface area contributed by atoms with Gasteiger partial charge in [0.1, 0.15) is 11.3 Å². The van der Waals surface area contributed by atoms with Crippen molar-refractivity contribution in [2.24, 2.45) is 0 Å². The monoisotopic (exact) mass is 232 g/mol. The first-order valence-corrected chi connectivity index (χ1v) is 6.14. The summed E-state index contributed by atoms with van der Waals surface area (Å²) in [5.74, 6) is 1.85. The molecular formula is C15H20O2. The first-order chi connectivity index (χ1) is 8.06. The zero-order valence-electron chi connectivity index (χ0n) is 11.2. The van der Waals surface area contributed by atoms with Crippen molar-refractivity contribution in [3.63, 3.8) is 0 Å². The van der Waals surface area contributed by atoms with Crippen molar-refractivity contribution in [2.75, 3.05) is 7.11 Å². The van der Waals surface area contributed by atoms with Gasteiger partial charge in [0.05, 0.1) is 18.8 Å². The van der Waals surface area contributed by atoms with Crippen LogP contribution in [0.2, 0.25) is 0 Å². The fraction of sp³-hybridized carbons (Fsp3) is 0.467. The van der Waals surface area contributed by atoms with Crippen LogP contribution in [0, 0.1) is 0 Å². The third-order valence-corrected chi connectivity index (χ3v) is 3.19. The summed E-state index contributed by atoms with van der Waals surface area (Å²) in [7, 11) is 1.72. The number of rotatable bonds is 3. The maximum Gasteiger partial charge on any atom is 0.141 e. The van der Waals surface area contributed by atoms with Crippen LogP contribution in [0.15, 0.2) is 22.8 Å². The van der Waals surface area contributed by atoms with Gasteiger partial charge >= 0.3 is 0 Å². The molecule has 0 fully saturated rings. The number of methoxy groups -OCH3 is 1. The Morgan fingerprint density at radius 3 is 2.24 bits per heavy atom. The highest BCUT2D eigenvalue weighted by molar-refractivity contribution is 5.88. The largest absolute Gasteiger partial charge is 0.496 e. The van der Waals surface area contributed by atoms with Crippen molar-refractivity contribution in [1.82, 2.24) is 0 Å². The molecule has 2 rings (SSSR count). The molecule has 0 radical (unpaired) electrons. The predicted octanol–water partition coefficient (Wildman–Crippen LogP) is 4.69. The van der Waals surface area contributed by atoms with Gasteiger partial charge in [0, 0.05) is 0 Å². The van der Waals surface area contributed by atoms with Crippen LogP contribution in [0.5, 0.6) is 5.75 Å². The van der Waals surface area contributed by atoms with Crippen LogP contribution in [-0.4, -0.2) is 7.11 Å². The number of hydrogen-bond acceptors (Lipinski definition) is 2. The first-order valence-electron chi connectivity index (χ1n) is 6.14. The summed E-state index contributed by atoms with van der Waals surface area (Å²) < 4.78 is 11.2. The molecule has 0 aliphatic carbocycles. The van der Waals surface area contributed by atoms with Gasteiger partial charge in [-0.3, -0.25) is 0 Å². The van der Waals surface area contributed by atoms with Crippen molar-refractivity contribution in [2.45, 2.75) is 39.5 Å². The summed E-state index contributed by atoms with van der Waals surface area (Å²) in [6, 6.07) is 4.21. The Hall–Kier alpha value is -1.44. The van der Waals surface area contributed by atoms with E-state index in [4.69, 9.17) is 9.15 Å². The van der Waals surface area contributed by atoms with E-state index in [1.165, 1.54) is 11.1 Å². The molecule has 2 aromatic rings. The zero-order chi connectivity index (χ0) is 12.6. The number of fused-ring (bicyclic) bond motifs is 1. The normalized spacial score (nSPS) is 11.7. The van der Waals surface area contributed by atoms with Gasteiger partial charge in [-0.2, -0.15) is 0 Å². The van der Waals surface area contributed by atoms with Crippen LogP contribution in [0.3, 0.4) is 0 Å². The Morgan fingerprint density at radius 1 is 1.06 bits per heavy atom. The molecule has 0 saturated heterocycles. The average Bonchev–Trinajstić information content (AvgIpc) is 2.74. The predicted molar refractivity (Wildman–Crippen MR) is 70.9 cm³/mol. The second kappa shape index (κ2) is 4.44. The molecule has 17 heavy (non-hydrogen) atoms. The molecule has 1 aromatic carbocycles. The molecule has 1 heterocycles. The van der Waals surface area contributed by atoms with Crippen LogP contribution < -0.4 is 4.74 Å². The molecule has 0 aliphatic heterocycles. The van der Waals surface area contributed by atoms with Gasteiger partial charge in [-0.25, -0.2) is 0 Å². The lowest BCUT2D eigenvalue weighted by atomic mass is 9.92. The Kier molecular flexibility index (Phi) is 3.14. The maximum absolute atomic E-state index is 5.61.